The molecule has 39 heavy (non-hydrogen) atoms. The predicted molar refractivity (Wildman–Crippen MR) is 155 cm³/mol. The maximum atomic E-state index is 13.5. The lowest BCUT2D eigenvalue weighted by Crippen LogP contribution is -2.39. The first-order chi connectivity index (χ1) is 19.2. The molecular weight excluding hydrogens is 488 g/mol. The van der Waals surface area contributed by atoms with Gasteiger partial charge in [0.1, 0.15) is 5.75 Å². The Labute approximate surface area is 233 Å². The highest BCUT2D eigenvalue weighted by Gasteiger charge is 2.19. The summed E-state index contributed by atoms with van der Waals surface area (Å²) in [6.07, 6.45) is 3.30. The highest BCUT2D eigenvalue weighted by molar-refractivity contribution is 5.78. The van der Waals surface area contributed by atoms with E-state index in [4.69, 9.17) is 14.2 Å². The predicted octanol–water partition coefficient (Wildman–Crippen LogP) is 6.12. The molecule has 3 aromatic rings. The number of hydrogen-bond acceptors (Lipinski definition) is 5. The molecule has 3 aromatic carbocycles. The van der Waals surface area contributed by atoms with Crippen molar-refractivity contribution in [3.8, 4) is 17.2 Å². The van der Waals surface area contributed by atoms with Crippen LogP contribution in [-0.2, 0) is 24.3 Å². The van der Waals surface area contributed by atoms with Crippen molar-refractivity contribution < 1.29 is 19.0 Å². The van der Waals surface area contributed by atoms with E-state index < -0.39 is 0 Å². The normalized spacial score (nSPS) is 15.2. The van der Waals surface area contributed by atoms with Crippen molar-refractivity contribution in [1.82, 2.24) is 9.80 Å². The Bertz CT molecular complexity index is 1150. The molecule has 0 N–H and O–H groups in total. The number of ether oxygens (including phenoxy) is 3. The summed E-state index contributed by atoms with van der Waals surface area (Å²) in [6, 6.07) is 24.6. The van der Waals surface area contributed by atoms with Crippen molar-refractivity contribution in [2.45, 2.75) is 52.6 Å². The first-order valence-electron chi connectivity index (χ1n) is 14.3. The molecular formula is C33H42N2O4. The zero-order chi connectivity index (χ0) is 27.3. The van der Waals surface area contributed by atoms with Gasteiger partial charge in [-0.3, -0.25) is 9.69 Å². The summed E-state index contributed by atoms with van der Waals surface area (Å²) >= 11 is 0. The van der Waals surface area contributed by atoms with Gasteiger partial charge in [0.2, 0.25) is 5.91 Å². The van der Waals surface area contributed by atoms with E-state index in [9.17, 15) is 4.79 Å². The van der Waals surface area contributed by atoms with Gasteiger partial charge >= 0.3 is 0 Å². The third-order valence-electron chi connectivity index (χ3n) is 6.95. The van der Waals surface area contributed by atoms with Crippen LogP contribution in [0.15, 0.2) is 72.8 Å². The Hall–Kier alpha value is -3.51. The van der Waals surface area contributed by atoms with Crippen molar-refractivity contribution in [1.29, 1.82) is 0 Å². The molecule has 6 nitrogen and oxygen atoms in total. The lowest BCUT2D eigenvalue weighted by Gasteiger charge is -2.29. The molecule has 1 amide bonds. The third-order valence-corrected chi connectivity index (χ3v) is 6.95. The Balaban J connectivity index is 1.53. The quantitative estimate of drug-likeness (QED) is 0.351. The van der Waals surface area contributed by atoms with Crippen molar-refractivity contribution in [2.75, 3.05) is 39.5 Å². The standard InChI is InChI=1S/C33H42N2O4/c1-3-37-30-18-16-27(17-19-30)24-32(36)35-20-9-6-10-23-39-33-29(14-11-15-31(33)38-4-2)26-34(21-22-35)25-28-12-7-5-8-13-28/h5,7-8,11-19H,3-4,6,9-10,20-26H2,1-2H3. The summed E-state index contributed by atoms with van der Waals surface area (Å²) in [4.78, 5) is 17.9. The van der Waals surface area contributed by atoms with Crippen LogP contribution in [0.3, 0.4) is 0 Å². The Morgan fingerprint density at radius 2 is 1.59 bits per heavy atom. The molecule has 1 aliphatic heterocycles. The SMILES string of the molecule is CCOc1ccc(CC(=O)N2CCCCCOc3c(cccc3OCC)CN(Cc3ccccc3)CC2)cc1. The minimum atomic E-state index is 0.170. The van der Waals surface area contributed by atoms with Crippen LogP contribution in [-0.4, -0.2) is 55.2 Å². The molecule has 0 spiro atoms. The van der Waals surface area contributed by atoms with Gasteiger partial charge in [-0.15, -0.1) is 0 Å². The van der Waals surface area contributed by atoms with Gasteiger partial charge in [-0.2, -0.15) is 0 Å². The number of carbonyl (C=O) groups excluding carboxylic acids is 1. The Morgan fingerprint density at radius 1 is 0.795 bits per heavy atom. The van der Waals surface area contributed by atoms with Crippen LogP contribution in [0, 0.1) is 0 Å². The summed E-state index contributed by atoms with van der Waals surface area (Å²) in [5.74, 6) is 2.66. The molecule has 0 unspecified atom stereocenters. The maximum Gasteiger partial charge on any atom is 0.227 e. The molecule has 0 atom stereocenters. The number of rotatable bonds is 8. The molecule has 0 fully saturated rings. The van der Waals surface area contributed by atoms with E-state index in [2.05, 4.69) is 35.2 Å². The van der Waals surface area contributed by atoms with E-state index >= 15 is 0 Å². The second kappa shape index (κ2) is 15.2. The maximum absolute atomic E-state index is 13.5. The lowest BCUT2D eigenvalue weighted by atomic mass is 10.1. The van der Waals surface area contributed by atoms with E-state index in [1.165, 1.54) is 5.56 Å². The van der Waals surface area contributed by atoms with Gasteiger partial charge in [-0.1, -0.05) is 54.6 Å². The largest absolute Gasteiger partial charge is 0.494 e. The summed E-state index contributed by atoms with van der Waals surface area (Å²) in [5, 5.41) is 0. The molecule has 6 heteroatoms. The van der Waals surface area contributed by atoms with Gasteiger partial charge in [0.25, 0.3) is 0 Å². The van der Waals surface area contributed by atoms with Gasteiger partial charge in [0.15, 0.2) is 11.5 Å². The second-order valence-corrected chi connectivity index (χ2v) is 9.92. The van der Waals surface area contributed by atoms with Crippen molar-refractivity contribution >= 4 is 5.91 Å². The van der Waals surface area contributed by atoms with Crippen molar-refractivity contribution in [2.24, 2.45) is 0 Å². The van der Waals surface area contributed by atoms with Gasteiger partial charge in [0, 0.05) is 38.3 Å². The highest BCUT2D eigenvalue weighted by Crippen LogP contribution is 2.33. The fraction of sp³-hybridized carbons (Fsp3) is 0.424. The lowest BCUT2D eigenvalue weighted by molar-refractivity contribution is -0.130. The molecule has 0 radical (unpaired) electrons. The molecule has 208 valence electrons. The first-order valence-corrected chi connectivity index (χ1v) is 14.3. The Morgan fingerprint density at radius 3 is 2.36 bits per heavy atom. The first kappa shape index (κ1) is 28.5. The van der Waals surface area contributed by atoms with Crippen LogP contribution < -0.4 is 14.2 Å². The minimum Gasteiger partial charge on any atom is -0.494 e. The highest BCUT2D eigenvalue weighted by atomic mass is 16.5. The summed E-state index contributed by atoms with van der Waals surface area (Å²) in [5.41, 5.74) is 3.37. The van der Waals surface area contributed by atoms with Crippen LogP contribution >= 0.6 is 0 Å². The molecule has 1 heterocycles. The average Bonchev–Trinajstić information content (AvgIpc) is 2.96. The molecule has 1 aliphatic rings. The molecule has 0 bridgehead atoms. The number of benzene rings is 3. The summed E-state index contributed by atoms with van der Waals surface area (Å²) in [6.45, 7) is 9.55. The zero-order valence-electron chi connectivity index (χ0n) is 23.4. The number of nitrogens with zero attached hydrogens (tertiary/aromatic N) is 2. The van der Waals surface area contributed by atoms with Gasteiger partial charge in [-0.25, -0.2) is 0 Å². The smallest absolute Gasteiger partial charge is 0.227 e. The molecule has 4 rings (SSSR count). The zero-order valence-corrected chi connectivity index (χ0v) is 23.4. The topological polar surface area (TPSA) is 51.2 Å². The molecule has 0 saturated heterocycles. The van der Waals surface area contributed by atoms with Gasteiger partial charge < -0.3 is 19.1 Å². The molecule has 0 aromatic heterocycles. The third kappa shape index (κ3) is 8.75. The number of amides is 1. The van der Waals surface area contributed by atoms with Crippen LogP contribution in [0.25, 0.3) is 0 Å². The van der Waals surface area contributed by atoms with Crippen molar-refractivity contribution in [3.63, 3.8) is 0 Å². The van der Waals surface area contributed by atoms with E-state index in [0.29, 0.717) is 39.3 Å². The van der Waals surface area contributed by atoms with E-state index in [0.717, 1.165) is 67.3 Å². The van der Waals surface area contributed by atoms with Crippen LogP contribution in [0.5, 0.6) is 17.2 Å². The molecule has 0 aliphatic carbocycles. The number of carbonyl (C=O) groups is 1. The van der Waals surface area contributed by atoms with E-state index in [1.54, 1.807) is 0 Å². The monoisotopic (exact) mass is 530 g/mol. The van der Waals surface area contributed by atoms with Crippen molar-refractivity contribution in [3.05, 3.63) is 89.5 Å². The van der Waals surface area contributed by atoms with Crippen LogP contribution in [0.4, 0.5) is 0 Å². The summed E-state index contributed by atoms with van der Waals surface area (Å²) in [7, 11) is 0. The fourth-order valence-electron chi connectivity index (χ4n) is 4.95. The second-order valence-electron chi connectivity index (χ2n) is 9.92. The molecule has 0 saturated carbocycles. The van der Waals surface area contributed by atoms with Crippen LogP contribution in [0.1, 0.15) is 49.8 Å². The van der Waals surface area contributed by atoms with E-state index in [1.807, 2.05) is 61.2 Å². The van der Waals surface area contributed by atoms with Gasteiger partial charge in [0.05, 0.1) is 26.2 Å². The number of fused-ring (bicyclic) bond motifs is 1. The van der Waals surface area contributed by atoms with Gasteiger partial charge in [-0.05, 0) is 62.4 Å². The average molecular weight is 531 g/mol. The van der Waals surface area contributed by atoms with E-state index in [-0.39, 0.29) is 5.91 Å². The number of para-hydroxylation sites is 1. The Kier molecular flexibility index (Phi) is 11.1. The number of hydrogen-bond donors (Lipinski definition) is 0. The minimum absolute atomic E-state index is 0.170. The fourth-order valence-corrected chi connectivity index (χ4v) is 4.95. The van der Waals surface area contributed by atoms with Crippen LogP contribution in [0.2, 0.25) is 0 Å². The summed E-state index contributed by atoms with van der Waals surface area (Å²) < 4.78 is 17.8.